The summed E-state index contributed by atoms with van der Waals surface area (Å²) in [4.78, 5) is 12.5. The molecule has 0 radical (unpaired) electrons. The molecule has 0 aliphatic rings. The maximum atomic E-state index is 12.5. The van der Waals surface area contributed by atoms with Crippen LogP contribution >= 0.6 is 0 Å². The van der Waals surface area contributed by atoms with Crippen molar-refractivity contribution in [1.82, 2.24) is 0 Å². The normalized spacial score (nSPS) is 11.2. The SMILES string of the molecule is Cc1cccc(C=CC(=O)c2c(C)[n+]([O-])c3ccccc3[n+]2[O-])c1. The van der Waals surface area contributed by atoms with E-state index in [1.54, 1.807) is 24.3 Å². The summed E-state index contributed by atoms with van der Waals surface area (Å²) >= 11 is 0. The smallest absolute Gasteiger partial charge is 0.333 e. The van der Waals surface area contributed by atoms with Gasteiger partial charge >= 0.3 is 5.69 Å². The minimum Gasteiger partial charge on any atom is -0.618 e. The molecule has 1 heterocycles. The number of aromatic nitrogens is 2. The Morgan fingerprint density at radius 3 is 2.29 bits per heavy atom. The van der Waals surface area contributed by atoms with E-state index in [9.17, 15) is 15.2 Å². The number of hydrogen-bond donors (Lipinski definition) is 0. The molecule has 5 heteroatoms. The molecule has 5 nitrogen and oxygen atoms in total. The van der Waals surface area contributed by atoms with Crippen LogP contribution in [0.5, 0.6) is 0 Å². The predicted octanol–water partition coefficient (Wildman–Crippen LogP) is 2.62. The molecule has 3 rings (SSSR count). The van der Waals surface area contributed by atoms with Gasteiger partial charge < -0.3 is 10.4 Å². The maximum Gasteiger partial charge on any atom is 0.333 e. The second-order valence-corrected chi connectivity index (χ2v) is 5.62. The number of nitrogens with zero attached hydrogens (tertiary/aromatic N) is 2. The Hall–Kier alpha value is -3.21. The lowest BCUT2D eigenvalue weighted by Crippen LogP contribution is -2.46. The van der Waals surface area contributed by atoms with Crippen LogP contribution < -0.4 is 9.46 Å². The number of carbonyl (C=O) groups excluding carboxylic acids is 1. The van der Waals surface area contributed by atoms with Crippen molar-refractivity contribution in [3.63, 3.8) is 0 Å². The molecule has 3 aromatic rings. The predicted molar refractivity (Wildman–Crippen MR) is 91.1 cm³/mol. The lowest BCUT2D eigenvalue weighted by molar-refractivity contribution is -0.635. The van der Waals surface area contributed by atoms with Crippen LogP contribution in [0.1, 0.15) is 27.3 Å². The summed E-state index contributed by atoms with van der Waals surface area (Å²) in [5.41, 5.74) is 2.27. The third kappa shape index (κ3) is 2.72. The van der Waals surface area contributed by atoms with Gasteiger partial charge in [-0.05, 0) is 18.6 Å². The fraction of sp³-hybridized carbons (Fsp3) is 0.105. The van der Waals surface area contributed by atoms with Gasteiger partial charge in [0.2, 0.25) is 0 Å². The molecule has 0 aliphatic heterocycles. The van der Waals surface area contributed by atoms with E-state index in [1.165, 1.54) is 19.1 Å². The van der Waals surface area contributed by atoms with Gasteiger partial charge in [-0.1, -0.05) is 48.0 Å². The van der Waals surface area contributed by atoms with E-state index in [4.69, 9.17) is 0 Å². The zero-order chi connectivity index (χ0) is 17.3. The summed E-state index contributed by atoms with van der Waals surface area (Å²) in [6.07, 6.45) is 2.96. The first-order chi connectivity index (χ1) is 11.5. The van der Waals surface area contributed by atoms with Gasteiger partial charge in [-0.3, -0.25) is 4.79 Å². The van der Waals surface area contributed by atoms with Gasteiger partial charge in [0, 0.05) is 19.1 Å². The molecule has 24 heavy (non-hydrogen) atoms. The second-order valence-electron chi connectivity index (χ2n) is 5.62. The standard InChI is InChI=1S/C19H16N2O3/c1-13-6-5-7-15(12-13)10-11-18(22)19-14(2)20(23)16-8-3-4-9-17(16)21(19)24/h3-12H,1-2H3. The first-order valence-corrected chi connectivity index (χ1v) is 7.52. The average molecular weight is 320 g/mol. The second kappa shape index (κ2) is 6.12. The zero-order valence-electron chi connectivity index (χ0n) is 13.4. The Kier molecular flexibility index (Phi) is 4.00. The average Bonchev–Trinajstić information content (AvgIpc) is 2.58. The van der Waals surface area contributed by atoms with E-state index in [1.807, 2.05) is 31.2 Å². The molecule has 2 aromatic carbocycles. The number of benzene rings is 2. The third-order valence-electron chi connectivity index (χ3n) is 3.87. The Morgan fingerprint density at radius 2 is 1.62 bits per heavy atom. The van der Waals surface area contributed by atoms with Crippen LogP contribution in [0.3, 0.4) is 0 Å². The molecule has 0 atom stereocenters. The summed E-state index contributed by atoms with van der Waals surface area (Å²) in [5, 5.41) is 24.8. The van der Waals surface area contributed by atoms with Gasteiger partial charge in [-0.25, -0.2) is 0 Å². The molecule has 0 unspecified atom stereocenters. The minimum absolute atomic E-state index is 0.0857. The molecule has 0 aliphatic carbocycles. The van der Waals surface area contributed by atoms with Crippen LogP contribution in [-0.2, 0) is 0 Å². The van der Waals surface area contributed by atoms with Crippen LogP contribution in [0.4, 0.5) is 0 Å². The summed E-state index contributed by atoms with van der Waals surface area (Å²) in [7, 11) is 0. The van der Waals surface area contributed by atoms with Crippen molar-refractivity contribution >= 4 is 22.9 Å². The van der Waals surface area contributed by atoms with Gasteiger partial charge in [0.1, 0.15) is 0 Å². The van der Waals surface area contributed by atoms with Gasteiger partial charge in [-0.2, -0.15) is 9.46 Å². The molecule has 0 spiro atoms. The summed E-state index contributed by atoms with van der Waals surface area (Å²) in [6.45, 7) is 3.43. The molecule has 0 saturated carbocycles. The van der Waals surface area contributed by atoms with Crippen LogP contribution in [-0.4, -0.2) is 5.78 Å². The fourth-order valence-electron chi connectivity index (χ4n) is 2.65. The Labute approximate surface area is 139 Å². The highest BCUT2D eigenvalue weighted by atomic mass is 16.5. The number of fused-ring (bicyclic) bond motifs is 1. The number of para-hydroxylation sites is 2. The van der Waals surface area contributed by atoms with E-state index >= 15 is 0 Å². The third-order valence-corrected chi connectivity index (χ3v) is 3.87. The number of rotatable bonds is 3. The van der Waals surface area contributed by atoms with E-state index in [-0.39, 0.29) is 22.4 Å². The van der Waals surface area contributed by atoms with Gasteiger partial charge in [0.15, 0.2) is 0 Å². The number of allylic oxidation sites excluding steroid dienone is 1. The van der Waals surface area contributed by atoms with E-state index in [0.29, 0.717) is 9.46 Å². The fourth-order valence-corrected chi connectivity index (χ4v) is 2.65. The Bertz CT molecular complexity index is 978. The zero-order valence-corrected chi connectivity index (χ0v) is 13.4. The molecule has 0 bridgehead atoms. The summed E-state index contributed by atoms with van der Waals surface area (Å²) < 4.78 is 1.15. The number of carbonyl (C=O) groups is 1. The summed E-state index contributed by atoms with van der Waals surface area (Å²) in [6, 6.07) is 14.0. The first-order valence-electron chi connectivity index (χ1n) is 7.52. The van der Waals surface area contributed by atoms with Crippen molar-refractivity contribution in [2.24, 2.45) is 0 Å². The highest BCUT2D eigenvalue weighted by Crippen LogP contribution is 2.11. The molecule has 0 N–H and O–H groups in total. The maximum absolute atomic E-state index is 12.5. The molecule has 120 valence electrons. The quantitative estimate of drug-likeness (QED) is 0.322. The molecule has 0 fully saturated rings. The molecule has 0 amide bonds. The lowest BCUT2D eigenvalue weighted by Gasteiger charge is -2.09. The topological polar surface area (TPSA) is 71.0 Å². The van der Waals surface area contributed by atoms with E-state index in [0.717, 1.165) is 11.1 Å². The number of ketones is 1. The number of aryl methyl sites for hydroxylation is 1. The minimum atomic E-state index is -0.501. The van der Waals surface area contributed by atoms with Crippen molar-refractivity contribution in [3.05, 3.63) is 87.5 Å². The monoisotopic (exact) mass is 320 g/mol. The van der Waals surface area contributed by atoms with Crippen molar-refractivity contribution in [3.8, 4) is 0 Å². The molecule has 0 saturated heterocycles. The van der Waals surface area contributed by atoms with Crippen LogP contribution in [0.2, 0.25) is 0 Å². The van der Waals surface area contributed by atoms with Crippen molar-refractivity contribution < 1.29 is 14.3 Å². The largest absolute Gasteiger partial charge is 0.618 e. The molecular weight excluding hydrogens is 304 g/mol. The van der Waals surface area contributed by atoms with Crippen LogP contribution in [0.15, 0.2) is 54.6 Å². The van der Waals surface area contributed by atoms with E-state index in [2.05, 4.69) is 0 Å². The van der Waals surface area contributed by atoms with Gasteiger partial charge in [0.25, 0.3) is 22.5 Å². The van der Waals surface area contributed by atoms with Gasteiger partial charge in [0.05, 0.1) is 0 Å². The molecule has 1 aromatic heterocycles. The first kappa shape index (κ1) is 15.7. The van der Waals surface area contributed by atoms with Crippen molar-refractivity contribution in [2.75, 3.05) is 0 Å². The van der Waals surface area contributed by atoms with Crippen LogP contribution in [0.25, 0.3) is 17.1 Å². The number of hydrogen-bond acceptors (Lipinski definition) is 3. The highest BCUT2D eigenvalue weighted by Gasteiger charge is 2.28. The Balaban J connectivity index is 2.07. The highest BCUT2D eigenvalue weighted by molar-refractivity contribution is 6.05. The van der Waals surface area contributed by atoms with E-state index < -0.39 is 5.78 Å². The lowest BCUT2D eigenvalue weighted by atomic mass is 10.1. The molecular formula is C19H16N2O3. The van der Waals surface area contributed by atoms with Gasteiger partial charge in [-0.15, -0.1) is 0 Å². The van der Waals surface area contributed by atoms with Crippen LogP contribution in [0, 0.1) is 24.3 Å². The Morgan fingerprint density at radius 1 is 0.958 bits per heavy atom. The van der Waals surface area contributed by atoms with Crippen molar-refractivity contribution in [1.29, 1.82) is 0 Å². The van der Waals surface area contributed by atoms with Crippen molar-refractivity contribution in [2.45, 2.75) is 13.8 Å². The summed E-state index contributed by atoms with van der Waals surface area (Å²) in [5.74, 6) is -0.501.